The van der Waals surface area contributed by atoms with E-state index in [0.29, 0.717) is 17.7 Å². The number of benzene rings is 2. The second-order valence-corrected chi connectivity index (χ2v) is 9.44. The third kappa shape index (κ3) is 5.22. The van der Waals surface area contributed by atoms with Gasteiger partial charge in [-0.25, -0.2) is 9.18 Å². The molecule has 0 saturated heterocycles. The minimum atomic E-state index is -0.685. The summed E-state index contributed by atoms with van der Waals surface area (Å²) < 4.78 is 22.7. The maximum atomic E-state index is 14.4. The number of hydrogen-bond acceptors (Lipinski definition) is 5. The van der Waals surface area contributed by atoms with E-state index in [4.69, 9.17) is 15.5 Å². The van der Waals surface area contributed by atoms with Gasteiger partial charge < -0.3 is 15.0 Å². The Morgan fingerprint density at radius 3 is 2.55 bits per heavy atom. The third-order valence-electron chi connectivity index (χ3n) is 5.67. The van der Waals surface area contributed by atoms with Crippen molar-refractivity contribution in [3.05, 3.63) is 70.3 Å². The highest BCUT2D eigenvalue weighted by atomic mass is 32.1. The number of halogens is 1. The highest BCUT2D eigenvalue weighted by molar-refractivity contribution is 7.16. The van der Waals surface area contributed by atoms with Crippen LogP contribution in [0.25, 0.3) is 10.2 Å². The van der Waals surface area contributed by atoms with E-state index < -0.39 is 11.8 Å². The molecule has 33 heavy (non-hydrogen) atoms. The Bertz CT molecular complexity index is 1320. The Hall–Kier alpha value is -3.26. The molecule has 0 aliphatic carbocycles. The predicted octanol–water partition coefficient (Wildman–Crippen LogP) is 4.92. The van der Waals surface area contributed by atoms with Crippen molar-refractivity contribution >= 4 is 33.4 Å². The maximum absolute atomic E-state index is 14.4. The average Bonchev–Trinajstić information content (AvgIpc) is 3.15. The topological polar surface area (TPSA) is 82.0 Å². The molecule has 2 aromatic carbocycles. The first-order valence-electron chi connectivity index (χ1n) is 10.6. The molecule has 3 aromatic rings. The van der Waals surface area contributed by atoms with Gasteiger partial charge in [0.15, 0.2) is 16.4 Å². The number of aryl methyl sites for hydroxylation is 1. The summed E-state index contributed by atoms with van der Waals surface area (Å²) in [6.45, 7) is 13.7. The van der Waals surface area contributed by atoms with Crippen molar-refractivity contribution in [1.82, 2.24) is 4.57 Å². The van der Waals surface area contributed by atoms with Crippen LogP contribution in [0, 0.1) is 11.2 Å². The Labute approximate surface area is 197 Å². The number of fused-ring (bicyclic) bond motifs is 1. The molecule has 0 bridgehead atoms. The Morgan fingerprint density at radius 2 is 1.94 bits per heavy atom. The van der Waals surface area contributed by atoms with Gasteiger partial charge in [0.2, 0.25) is 0 Å². The van der Waals surface area contributed by atoms with Crippen molar-refractivity contribution in [2.24, 2.45) is 21.1 Å². The smallest absolute Gasteiger partial charge is 0.343 e. The maximum Gasteiger partial charge on any atom is 0.343 e. The molecule has 0 aliphatic heterocycles. The highest BCUT2D eigenvalue weighted by Crippen LogP contribution is 2.25. The number of aliphatic imine (C=N–C) groups is 1. The fourth-order valence-electron chi connectivity index (χ4n) is 3.06. The number of carbonyl (C=O) groups is 1. The molecule has 0 aliphatic rings. The number of nitrogens with zero attached hydrogens (tertiary/aromatic N) is 3. The summed E-state index contributed by atoms with van der Waals surface area (Å²) in [5.41, 5.74) is 8.41. The van der Waals surface area contributed by atoms with E-state index >= 15 is 0 Å². The Morgan fingerprint density at radius 1 is 1.24 bits per heavy atom. The van der Waals surface area contributed by atoms with Gasteiger partial charge in [-0.15, -0.1) is 0 Å². The van der Waals surface area contributed by atoms with Crippen molar-refractivity contribution in [3.8, 4) is 5.75 Å². The largest absolute Gasteiger partial charge is 0.420 e. The number of nitrogens with two attached hydrogens (primary N) is 1. The van der Waals surface area contributed by atoms with Crippen molar-refractivity contribution in [2.75, 3.05) is 13.6 Å². The van der Waals surface area contributed by atoms with E-state index in [1.54, 1.807) is 18.2 Å². The summed E-state index contributed by atoms with van der Waals surface area (Å²) in [5, 5.41) is 0. The minimum Gasteiger partial charge on any atom is -0.420 e. The van der Waals surface area contributed by atoms with E-state index in [2.05, 4.69) is 36.9 Å². The van der Waals surface area contributed by atoms with Crippen LogP contribution in [0.1, 0.15) is 43.6 Å². The second kappa shape index (κ2) is 9.70. The molecule has 0 saturated carbocycles. The zero-order chi connectivity index (χ0) is 24.3. The van der Waals surface area contributed by atoms with Gasteiger partial charge in [0.1, 0.15) is 5.84 Å². The molecule has 0 fully saturated rings. The van der Waals surface area contributed by atoms with Crippen LogP contribution < -0.4 is 15.3 Å². The Balaban J connectivity index is 1.91. The molecule has 8 heteroatoms. The molecule has 6 nitrogen and oxygen atoms in total. The van der Waals surface area contributed by atoms with Crippen LogP contribution in [0.3, 0.4) is 0 Å². The number of carbonyl (C=O) groups excluding carboxylic acids is 1. The molecule has 0 amide bonds. The van der Waals surface area contributed by atoms with E-state index in [1.165, 1.54) is 30.5 Å². The zero-order valence-electron chi connectivity index (χ0n) is 19.6. The molecule has 1 heterocycles. The first kappa shape index (κ1) is 24.4. The number of thiazole rings is 1. The molecule has 0 unspecified atom stereocenters. The number of hydrogen-bond donors (Lipinski definition) is 1. The van der Waals surface area contributed by atoms with Gasteiger partial charge >= 0.3 is 5.97 Å². The standard InChI is InChI=1S/C25H29FN4O2S/c1-7-30-19-10-8-17(13-21(19)33-24(30)29-14-25(4,5)15(2)3)23(31)32-20-11-9-16(12-18(20)26)22(27)28-6/h8-13H,2,7,14H2,1,3-6H3,(H2,27,28). The molecule has 2 N–H and O–H groups in total. The molecule has 174 valence electrons. The number of aromatic nitrogens is 1. The van der Waals surface area contributed by atoms with E-state index in [-0.39, 0.29) is 17.0 Å². The van der Waals surface area contributed by atoms with Gasteiger partial charge in [0.05, 0.1) is 22.3 Å². The van der Waals surface area contributed by atoms with Gasteiger partial charge in [-0.1, -0.05) is 37.3 Å². The first-order chi connectivity index (χ1) is 15.6. The van der Waals surface area contributed by atoms with Crippen LogP contribution in [0.4, 0.5) is 4.39 Å². The molecule has 3 rings (SSSR count). The monoisotopic (exact) mass is 468 g/mol. The van der Waals surface area contributed by atoms with E-state index in [9.17, 15) is 9.18 Å². The number of rotatable bonds is 7. The van der Waals surface area contributed by atoms with E-state index in [1.807, 2.05) is 13.0 Å². The lowest BCUT2D eigenvalue weighted by Gasteiger charge is -2.22. The first-order valence-corrected chi connectivity index (χ1v) is 11.4. The lowest BCUT2D eigenvalue weighted by Crippen LogP contribution is -2.21. The molecular weight excluding hydrogens is 439 g/mol. The zero-order valence-corrected chi connectivity index (χ0v) is 20.4. The fraction of sp³-hybridized carbons (Fsp3) is 0.320. The number of esters is 1. The summed E-state index contributed by atoms with van der Waals surface area (Å²) in [6, 6.07) is 9.42. The van der Waals surface area contributed by atoms with Crippen molar-refractivity contribution in [2.45, 2.75) is 34.2 Å². The van der Waals surface area contributed by atoms with Crippen molar-refractivity contribution in [3.63, 3.8) is 0 Å². The number of amidine groups is 1. The normalized spacial score (nSPS) is 12.9. The van der Waals surface area contributed by atoms with Crippen LogP contribution in [0.15, 0.2) is 58.5 Å². The predicted molar refractivity (Wildman–Crippen MR) is 133 cm³/mol. The molecule has 0 radical (unpaired) electrons. The molecule has 0 spiro atoms. The van der Waals surface area contributed by atoms with Crippen LogP contribution in [-0.4, -0.2) is 30.0 Å². The molecule has 1 aromatic heterocycles. The number of ether oxygens (including phenoxy) is 1. The van der Waals surface area contributed by atoms with Crippen LogP contribution in [-0.2, 0) is 6.54 Å². The van der Waals surface area contributed by atoms with E-state index in [0.717, 1.165) is 27.1 Å². The van der Waals surface area contributed by atoms with Crippen molar-refractivity contribution < 1.29 is 13.9 Å². The van der Waals surface area contributed by atoms with Gasteiger partial charge in [-0.3, -0.25) is 9.98 Å². The molecular formula is C25H29FN4O2S. The summed E-state index contributed by atoms with van der Waals surface area (Å²) >= 11 is 1.51. The minimum absolute atomic E-state index is 0.107. The summed E-state index contributed by atoms with van der Waals surface area (Å²) in [6.07, 6.45) is 0. The fourth-order valence-corrected chi connectivity index (χ4v) is 4.19. The van der Waals surface area contributed by atoms with Gasteiger partial charge in [0.25, 0.3) is 0 Å². The van der Waals surface area contributed by atoms with Gasteiger partial charge in [-0.2, -0.15) is 0 Å². The Kier molecular flexibility index (Phi) is 7.17. The lowest BCUT2D eigenvalue weighted by atomic mass is 9.86. The van der Waals surface area contributed by atoms with Gasteiger partial charge in [0, 0.05) is 24.6 Å². The second-order valence-electron chi connectivity index (χ2n) is 8.44. The molecule has 0 atom stereocenters. The lowest BCUT2D eigenvalue weighted by molar-refractivity contribution is 0.0728. The van der Waals surface area contributed by atoms with Crippen LogP contribution in [0.2, 0.25) is 0 Å². The highest BCUT2D eigenvalue weighted by Gasteiger charge is 2.19. The third-order valence-corrected chi connectivity index (χ3v) is 6.75. The average molecular weight is 469 g/mol. The quantitative estimate of drug-likeness (QED) is 0.176. The van der Waals surface area contributed by atoms with Gasteiger partial charge in [-0.05, 0) is 50.2 Å². The van der Waals surface area contributed by atoms with Crippen LogP contribution >= 0.6 is 11.3 Å². The van der Waals surface area contributed by atoms with Crippen LogP contribution in [0.5, 0.6) is 5.75 Å². The SMILES string of the molecule is C=C(C)C(C)(C)CN=c1sc2cc(C(=O)Oc3ccc(C(N)=NC)cc3F)ccc2n1CC. The summed E-state index contributed by atoms with van der Waals surface area (Å²) in [4.78, 5) is 22.2. The summed E-state index contributed by atoms with van der Waals surface area (Å²) in [7, 11) is 1.52. The summed E-state index contributed by atoms with van der Waals surface area (Å²) in [5.74, 6) is -1.29. The van der Waals surface area contributed by atoms with Crippen molar-refractivity contribution in [1.29, 1.82) is 0 Å².